The number of anilines is 1. The van der Waals surface area contributed by atoms with Crippen molar-refractivity contribution in [1.29, 1.82) is 0 Å². The lowest BCUT2D eigenvalue weighted by molar-refractivity contribution is 1.64. The molecule has 0 aromatic heterocycles. The Morgan fingerprint density at radius 1 is 1.11 bits per heavy atom. The molecule has 0 amide bonds. The maximum atomic E-state index is 5.41. The van der Waals surface area contributed by atoms with Crippen molar-refractivity contribution in [3.63, 3.8) is 0 Å². The maximum Gasteiger partial charge on any atom is 0.0314 e. The van der Waals surface area contributed by atoms with Gasteiger partial charge in [-0.1, -0.05) is 23.4 Å². The summed E-state index contributed by atoms with van der Waals surface area (Å²) < 4.78 is 1.06. The monoisotopic (exact) mass is 187 g/mol. The van der Waals surface area contributed by atoms with Crippen molar-refractivity contribution < 1.29 is 0 Å². The maximum absolute atomic E-state index is 5.41. The van der Waals surface area contributed by atoms with Gasteiger partial charge >= 0.3 is 0 Å². The summed E-state index contributed by atoms with van der Waals surface area (Å²) in [5, 5.41) is 0. The largest absolute Gasteiger partial charge is 0.399 e. The predicted octanol–water partition coefficient (Wildman–Crippen LogP) is 2.67. The Bertz CT molecular complexity index is 148. The average molecular weight is 188 g/mol. The minimum atomic E-state index is 0. The summed E-state index contributed by atoms with van der Waals surface area (Å²) in [7, 11) is 0. The minimum absolute atomic E-state index is 0. The second kappa shape index (κ2) is 3.51. The number of benzene rings is 1. The van der Waals surface area contributed by atoms with Crippen LogP contribution in [0.1, 0.15) is 7.43 Å². The second-order valence-electron chi connectivity index (χ2n) is 1.55. The number of hydrogen-bond acceptors (Lipinski definition) is 1. The fraction of sp³-hybridized carbons (Fsp3) is 0.143. The molecule has 0 bridgehead atoms. The van der Waals surface area contributed by atoms with Crippen LogP contribution in [-0.4, -0.2) is 0 Å². The van der Waals surface area contributed by atoms with Crippen LogP contribution in [0.25, 0.3) is 0 Å². The van der Waals surface area contributed by atoms with Crippen molar-refractivity contribution in [1.82, 2.24) is 0 Å². The van der Waals surface area contributed by atoms with E-state index >= 15 is 0 Å². The van der Waals surface area contributed by atoms with Crippen LogP contribution in [0.15, 0.2) is 28.7 Å². The number of nitrogens with two attached hydrogens (primary N) is 1. The molecule has 0 saturated carbocycles. The highest BCUT2D eigenvalue weighted by atomic mass is 79.9. The van der Waals surface area contributed by atoms with Crippen LogP contribution < -0.4 is 5.73 Å². The summed E-state index contributed by atoms with van der Waals surface area (Å²) >= 11 is 3.29. The molecule has 0 atom stereocenters. The van der Waals surface area contributed by atoms with Gasteiger partial charge in [0.2, 0.25) is 0 Å². The van der Waals surface area contributed by atoms with Crippen LogP contribution in [0.3, 0.4) is 0 Å². The molecule has 2 heteroatoms. The van der Waals surface area contributed by atoms with E-state index in [4.69, 9.17) is 5.73 Å². The van der Waals surface area contributed by atoms with E-state index < -0.39 is 0 Å². The average Bonchev–Trinajstić information content (AvgIpc) is 1.77. The Hall–Kier alpha value is -0.500. The van der Waals surface area contributed by atoms with Gasteiger partial charge in [0.05, 0.1) is 0 Å². The molecule has 2 N–H and O–H groups in total. The molecule has 1 nitrogen and oxygen atoms in total. The van der Waals surface area contributed by atoms with Crippen LogP contribution >= 0.6 is 15.9 Å². The Morgan fingerprint density at radius 2 is 1.56 bits per heavy atom. The van der Waals surface area contributed by atoms with Crippen molar-refractivity contribution >= 4 is 21.6 Å². The molecule has 9 heavy (non-hydrogen) atoms. The number of halogens is 1. The highest BCUT2D eigenvalue weighted by Crippen LogP contribution is 2.10. The second-order valence-corrected chi connectivity index (χ2v) is 2.47. The number of nitrogen functional groups attached to an aromatic ring is 1. The van der Waals surface area contributed by atoms with Gasteiger partial charge in [0, 0.05) is 10.2 Å². The fourth-order valence-corrected chi connectivity index (χ4v) is 0.727. The first kappa shape index (κ1) is 8.50. The summed E-state index contributed by atoms with van der Waals surface area (Å²) in [5.74, 6) is 0. The Balaban J connectivity index is 0.000000640. The summed E-state index contributed by atoms with van der Waals surface area (Å²) in [6, 6.07) is 7.53. The van der Waals surface area contributed by atoms with Gasteiger partial charge in [-0.05, 0) is 24.3 Å². The van der Waals surface area contributed by atoms with Crippen molar-refractivity contribution in [3.05, 3.63) is 28.7 Å². The standard InChI is InChI=1S/C6H6BrN.CH4/c7-5-1-3-6(8)4-2-5;/h1-4H,8H2;1H4. The first-order valence-corrected chi connectivity index (χ1v) is 3.09. The van der Waals surface area contributed by atoms with E-state index in [2.05, 4.69) is 15.9 Å². The molecule has 50 valence electrons. The summed E-state index contributed by atoms with van der Waals surface area (Å²) in [6.07, 6.45) is 0. The lowest BCUT2D eigenvalue weighted by Crippen LogP contribution is -1.80. The molecule has 1 aromatic rings. The molecule has 0 radical (unpaired) electrons. The quantitative estimate of drug-likeness (QED) is 0.622. The summed E-state index contributed by atoms with van der Waals surface area (Å²) in [4.78, 5) is 0. The van der Waals surface area contributed by atoms with E-state index in [1.54, 1.807) is 0 Å². The predicted molar refractivity (Wildman–Crippen MR) is 45.3 cm³/mol. The van der Waals surface area contributed by atoms with Crippen molar-refractivity contribution in [2.24, 2.45) is 0 Å². The molecule has 0 aliphatic rings. The van der Waals surface area contributed by atoms with Crippen LogP contribution in [0, 0.1) is 0 Å². The van der Waals surface area contributed by atoms with E-state index in [1.165, 1.54) is 0 Å². The van der Waals surface area contributed by atoms with Crippen molar-refractivity contribution in [2.45, 2.75) is 7.43 Å². The van der Waals surface area contributed by atoms with Gasteiger partial charge in [0.1, 0.15) is 0 Å². The third-order valence-corrected chi connectivity index (χ3v) is 1.40. The van der Waals surface area contributed by atoms with Gasteiger partial charge in [-0.15, -0.1) is 0 Å². The Morgan fingerprint density at radius 3 is 1.89 bits per heavy atom. The zero-order chi connectivity index (χ0) is 5.98. The molecule has 0 spiro atoms. The molecule has 0 saturated heterocycles. The third-order valence-electron chi connectivity index (χ3n) is 0.870. The molecule has 0 aliphatic carbocycles. The number of hydrogen-bond donors (Lipinski definition) is 1. The summed E-state index contributed by atoms with van der Waals surface area (Å²) in [6.45, 7) is 0. The van der Waals surface area contributed by atoms with Crippen LogP contribution in [0.5, 0.6) is 0 Å². The fourth-order valence-electron chi connectivity index (χ4n) is 0.463. The molecule has 1 rings (SSSR count). The molecular weight excluding hydrogens is 178 g/mol. The van der Waals surface area contributed by atoms with E-state index in [9.17, 15) is 0 Å². The molecule has 0 aliphatic heterocycles. The van der Waals surface area contributed by atoms with E-state index in [-0.39, 0.29) is 7.43 Å². The molecule has 0 fully saturated rings. The topological polar surface area (TPSA) is 26.0 Å². The van der Waals surface area contributed by atoms with Gasteiger partial charge in [0.15, 0.2) is 0 Å². The first-order chi connectivity index (χ1) is 3.79. The van der Waals surface area contributed by atoms with Gasteiger partial charge in [-0.2, -0.15) is 0 Å². The molecule has 1 aromatic carbocycles. The van der Waals surface area contributed by atoms with Crippen LogP contribution in [0.2, 0.25) is 0 Å². The van der Waals surface area contributed by atoms with Gasteiger partial charge in [0.25, 0.3) is 0 Å². The van der Waals surface area contributed by atoms with Gasteiger partial charge < -0.3 is 5.73 Å². The van der Waals surface area contributed by atoms with Crippen LogP contribution in [-0.2, 0) is 0 Å². The van der Waals surface area contributed by atoms with E-state index in [0.29, 0.717) is 0 Å². The van der Waals surface area contributed by atoms with Gasteiger partial charge in [-0.3, -0.25) is 0 Å². The van der Waals surface area contributed by atoms with Crippen LogP contribution in [0.4, 0.5) is 5.69 Å². The smallest absolute Gasteiger partial charge is 0.0314 e. The zero-order valence-corrected chi connectivity index (χ0v) is 5.85. The Kier molecular flexibility index (Phi) is 3.32. The zero-order valence-electron chi connectivity index (χ0n) is 4.26. The van der Waals surface area contributed by atoms with E-state index in [0.717, 1.165) is 10.2 Å². The third kappa shape index (κ3) is 2.51. The molecular formula is C7H10BrN. The van der Waals surface area contributed by atoms with Crippen molar-refractivity contribution in [3.8, 4) is 0 Å². The first-order valence-electron chi connectivity index (χ1n) is 2.30. The Labute approximate surface area is 64.0 Å². The highest BCUT2D eigenvalue weighted by molar-refractivity contribution is 9.10. The SMILES string of the molecule is C.Nc1ccc(Br)cc1. The number of rotatable bonds is 0. The van der Waals surface area contributed by atoms with E-state index in [1.807, 2.05) is 24.3 Å². The normalized spacial score (nSPS) is 8.11. The molecule has 0 unspecified atom stereocenters. The van der Waals surface area contributed by atoms with Crippen molar-refractivity contribution in [2.75, 3.05) is 5.73 Å². The highest BCUT2D eigenvalue weighted by Gasteiger charge is 1.81. The molecule has 0 heterocycles. The summed E-state index contributed by atoms with van der Waals surface area (Å²) in [5.41, 5.74) is 6.21. The van der Waals surface area contributed by atoms with Gasteiger partial charge in [-0.25, -0.2) is 0 Å². The minimum Gasteiger partial charge on any atom is -0.399 e. The lowest BCUT2D eigenvalue weighted by atomic mass is 10.3. The lowest BCUT2D eigenvalue weighted by Gasteiger charge is -1.88.